The predicted octanol–water partition coefficient (Wildman–Crippen LogP) is 2.57. The summed E-state index contributed by atoms with van der Waals surface area (Å²) in [4.78, 5) is 24.4. The number of carbonyl (C=O) groups is 2. The minimum absolute atomic E-state index is 0.0184. The van der Waals surface area contributed by atoms with Crippen molar-refractivity contribution >= 4 is 11.9 Å². The van der Waals surface area contributed by atoms with E-state index >= 15 is 0 Å². The molecule has 2 atom stereocenters. The van der Waals surface area contributed by atoms with E-state index in [4.69, 9.17) is 5.11 Å². The summed E-state index contributed by atoms with van der Waals surface area (Å²) in [6, 6.07) is 5.50. The number of alkyl halides is 3. The number of aryl methyl sites for hydroxylation is 2. The molecule has 0 spiro atoms. The van der Waals surface area contributed by atoms with Gasteiger partial charge in [-0.25, -0.2) is 0 Å². The van der Waals surface area contributed by atoms with Gasteiger partial charge in [0.15, 0.2) is 0 Å². The lowest BCUT2D eigenvalue weighted by atomic mass is 9.96. The van der Waals surface area contributed by atoms with Crippen molar-refractivity contribution in [2.75, 3.05) is 13.1 Å². The number of likely N-dealkylation sites (tertiary alicyclic amines) is 1. The van der Waals surface area contributed by atoms with Gasteiger partial charge < -0.3 is 10.0 Å². The standard InChI is InChI=1S/C16H18F3NO3/c1-9-4-3-5-10(2)11(9)6-14(21)20-7-12(15(22)23)13(8-20)16(17,18)19/h3-5,12-13H,6-8H2,1-2H3,(H,22,23)/t12-,13-/m1/s1. The van der Waals surface area contributed by atoms with Crippen LogP contribution in [0, 0.1) is 25.7 Å². The molecule has 1 aliphatic rings. The Bertz CT molecular complexity index is 607. The maximum absolute atomic E-state index is 13.0. The Morgan fingerprint density at radius 1 is 1.22 bits per heavy atom. The molecule has 23 heavy (non-hydrogen) atoms. The van der Waals surface area contributed by atoms with Gasteiger partial charge in [-0.1, -0.05) is 18.2 Å². The minimum Gasteiger partial charge on any atom is -0.481 e. The van der Waals surface area contributed by atoms with Crippen LogP contribution >= 0.6 is 0 Å². The third kappa shape index (κ3) is 3.65. The molecule has 2 rings (SSSR count). The van der Waals surface area contributed by atoms with E-state index in [0.717, 1.165) is 21.6 Å². The molecule has 1 fully saturated rings. The molecular formula is C16H18F3NO3. The smallest absolute Gasteiger partial charge is 0.394 e. The van der Waals surface area contributed by atoms with Gasteiger partial charge in [-0.3, -0.25) is 9.59 Å². The minimum atomic E-state index is -4.63. The summed E-state index contributed by atoms with van der Waals surface area (Å²) in [6.07, 6.45) is -4.65. The van der Waals surface area contributed by atoms with Crippen LogP contribution in [0.15, 0.2) is 18.2 Å². The Hall–Kier alpha value is -2.05. The Balaban J connectivity index is 2.16. The fraction of sp³-hybridized carbons (Fsp3) is 0.500. The number of carbonyl (C=O) groups excluding carboxylic acids is 1. The number of rotatable bonds is 3. The SMILES string of the molecule is Cc1cccc(C)c1CC(=O)N1C[C@@H](C(F)(F)F)[C@H](C(=O)O)C1. The molecule has 0 aromatic heterocycles. The van der Waals surface area contributed by atoms with E-state index in [0.29, 0.717) is 0 Å². The van der Waals surface area contributed by atoms with Crippen LogP contribution in [0.4, 0.5) is 13.2 Å². The molecule has 0 saturated carbocycles. The van der Waals surface area contributed by atoms with Gasteiger partial charge in [0.2, 0.25) is 5.91 Å². The van der Waals surface area contributed by atoms with Crippen molar-refractivity contribution in [3.8, 4) is 0 Å². The van der Waals surface area contributed by atoms with Crippen LogP contribution in [0.1, 0.15) is 16.7 Å². The number of nitrogens with zero attached hydrogens (tertiary/aromatic N) is 1. The highest BCUT2D eigenvalue weighted by Crippen LogP contribution is 2.38. The van der Waals surface area contributed by atoms with Gasteiger partial charge in [-0.2, -0.15) is 13.2 Å². The van der Waals surface area contributed by atoms with Crippen molar-refractivity contribution in [2.45, 2.75) is 26.4 Å². The van der Waals surface area contributed by atoms with E-state index < -0.39 is 43.0 Å². The number of carboxylic acids is 1. The van der Waals surface area contributed by atoms with Crippen LogP contribution in [0.5, 0.6) is 0 Å². The highest BCUT2D eigenvalue weighted by molar-refractivity contribution is 5.81. The number of halogens is 3. The van der Waals surface area contributed by atoms with Gasteiger partial charge in [0.25, 0.3) is 0 Å². The zero-order chi connectivity index (χ0) is 17.4. The maximum Gasteiger partial charge on any atom is 0.394 e. The monoisotopic (exact) mass is 329 g/mol. The van der Waals surface area contributed by atoms with Crippen molar-refractivity contribution in [3.05, 3.63) is 34.9 Å². The van der Waals surface area contributed by atoms with Gasteiger partial charge >= 0.3 is 12.1 Å². The van der Waals surface area contributed by atoms with Gasteiger partial charge in [0.1, 0.15) is 0 Å². The summed E-state index contributed by atoms with van der Waals surface area (Å²) in [5.74, 6) is -5.60. The van der Waals surface area contributed by atoms with Crippen LogP contribution in [0.25, 0.3) is 0 Å². The van der Waals surface area contributed by atoms with Crippen LogP contribution < -0.4 is 0 Å². The average molecular weight is 329 g/mol. The molecular weight excluding hydrogens is 311 g/mol. The van der Waals surface area contributed by atoms with E-state index in [2.05, 4.69) is 0 Å². The predicted molar refractivity (Wildman–Crippen MR) is 76.9 cm³/mol. The molecule has 1 N–H and O–H groups in total. The van der Waals surface area contributed by atoms with Crippen molar-refractivity contribution in [2.24, 2.45) is 11.8 Å². The molecule has 1 amide bonds. The van der Waals surface area contributed by atoms with Gasteiger partial charge in [-0.15, -0.1) is 0 Å². The molecule has 1 heterocycles. The molecule has 0 aliphatic carbocycles. The van der Waals surface area contributed by atoms with E-state index in [1.165, 1.54) is 0 Å². The third-order valence-corrected chi connectivity index (χ3v) is 4.38. The number of aliphatic carboxylic acids is 1. The number of hydrogen-bond donors (Lipinski definition) is 1. The van der Waals surface area contributed by atoms with Gasteiger partial charge in [0.05, 0.1) is 18.3 Å². The Morgan fingerprint density at radius 2 is 1.78 bits per heavy atom. The molecule has 1 aromatic rings. The fourth-order valence-electron chi connectivity index (χ4n) is 2.98. The average Bonchev–Trinajstić information content (AvgIpc) is 2.88. The zero-order valence-electron chi connectivity index (χ0n) is 12.9. The lowest BCUT2D eigenvalue weighted by Gasteiger charge is -2.19. The normalized spacial score (nSPS) is 21.5. The summed E-state index contributed by atoms with van der Waals surface area (Å²) in [6.45, 7) is 2.67. The first-order chi connectivity index (χ1) is 10.6. The van der Waals surface area contributed by atoms with E-state index in [9.17, 15) is 22.8 Å². The number of carboxylic acid groups (broad SMARTS) is 1. The van der Waals surface area contributed by atoms with Crippen molar-refractivity contribution in [3.63, 3.8) is 0 Å². The topological polar surface area (TPSA) is 57.6 Å². The number of benzene rings is 1. The Morgan fingerprint density at radius 3 is 2.22 bits per heavy atom. The number of hydrogen-bond acceptors (Lipinski definition) is 2. The highest BCUT2D eigenvalue weighted by atomic mass is 19.4. The fourth-order valence-corrected chi connectivity index (χ4v) is 2.98. The van der Waals surface area contributed by atoms with Gasteiger partial charge in [0, 0.05) is 13.1 Å². The van der Waals surface area contributed by atoms with Crippen molar-refractivity contribution < 1.29 is 27.9 Å². The molecule has 7 heteroatoms. The first-order valence-corrected chi connectivity index (χ1v) is 7.23. The highest BCUT2D eigenvalue weighted by Gasteiger charge is 2.53. The molecule has 1 saturated heterocycles. The Kier molecular flexibility index (Phi) is 4.68. The lowest BCUT2D eigenvalue weighted by Crippen LogP contribution is -2.34. The lowest BCUT2D eigenvalue weighted by molar-refractivity contribution is -0.188. The summed E-state index contributed by atoms with van der Waals surface area (Å²) in [7, 11) is 0. The summed E-state index contributed by atoms with van der Waals surface area (Å²) < 4.78 is 38.9. The third-order valence-electron chi connectivity index (χ3n) is 4.38. The molecule has 0 unspecified atom stereocenters. The quantitative estimate of drug-likeness (QED) is 0.927. The maximum atomic E-state index is 13.0. The molecule has 1 aromatic carbocycles. The zero-order valence-corrected chi connectivity index (χ0v) is 12.9. The largest absolute Gasteiger partial charge is 0.481 e. The van der Waals surface area contributed by atoms with Crippen LogP contribution in [0.2, 0.25) is 0 Å². The van der Waals surface area contributed by atoms with Crippen molar-refractivity contribution in [1.82, 2.24) is 4.90 Å². The van der Waals surface area contributed by atoms with E-state index in [-0.39, 0.29) is 6.42 Å². The van der Waals surface area contributed by atoms with Crippen LogP contribution in [-0.2, 0) is 16.0 Å². The van der Waals surface area contributed by atoms with Gasteiger partial charge in [-0.05, 0) is 30.5 Å². The second-order valence-electron chi connectivity index (χ2n) is 5.94. The van der Waals surface area contributed by atoms with Crippen molar-refractivity contribution in [1.29, 1.82) is 0 Å². The van der Waals surface area contributed by atoms with E-state index in [1.807, 2.05) is 32.0 Å². The first kappa shape index (κ1) is 17.3. The summed E-state index contributed by atoms with van der Waals surface area (Å²) >= 11 is 0. The van der Waals surface area contributed by atoms with E-state index in [1.54, 1.807) is 0 Å². The second kappa shape index (κ2) is 6.22. The molecule has 0 bridgehead atoms. The molecule has 126 valence electrons. The number of amides is 1. The summed E-state index contributed by atoms with van der Waals surface area (Å²) in [5.41, 5.74) is 2.55. The molecule has 4 nitrogen and oxygen atoms in total. The van der Waals surface area contributed by atoms with Crippen LogP contribution in [-0.4, -0.2) is 41.1 Å². The van der Waals surface area contributed by atoms with Crippen LogP contribution in [0.3, 0.4) is 0 Å². The Labute approximate surface area is 131 Å². The molecule has 1 aliphatic heterocycles. The molecule has 0 radical (unpaired) electrons. The first-order valence-electron chi connectivity index (χ1n) is 7.23. The summed E-state index contributed by atoms with van der Waals surface area (Å²) in [5, 5.41) is 8.99. The second-order valence-corrected chi connectivity index (χ2v) is 5.94.